The molecule has 1 aliphatic heterocycles. The second-order valence-corrected chi connectivity index (χ2v) is 5.71. The molecule has 0 amide bonds. The topological polar surface area (TPSA) is 107 Å². The van der Waals surface area contributed by atoms with E-state index >= 15 is 0 Å². The Labute approximate surface area is 130 Å². The van der Waals surface area contributed by atoms with Crippen LogP contribution < -0.4 is 5.23 Å². The lowest BCUT2D eigenvalue weighted by atomic mass is 10.0. The molecule has 4 atom stereocenters. The van der Waals surface area contributed by atoms with Crippen LogP contribution in [0.2, 0.25) is 0 Å². The Hall–Kier alpha value is -1.55. The Kier molecular flexibility index (Phi) is 3.90. The summed E-state index contributed by atoms with van der Waals surface area (Å²) in [4.78, 5) is 10.3. The fraction of sp³-hybridized carbons (Fsp3) is 0.455. The fourth-order valence-corrected chi connectivity index (χ4v) is 3.40. The average Bonchev–Trinajstić information content (AvgIpc) is 2.95. The number of aromatic nitrogens is 3. The minimum atomic E-state index is -0.999. The van der Waals surface area contributed by atoms with E-state index in [0.29, 0.717) is 5.82 Å². The maximum atomic E-state index is 10.4. The van der Waals surface area contributed by atoms with Crippen LogP contribution in [0.4, 0.5) is 5.82 Å². The van der Waals surface area contributed by atoms with Gasteiger partial charge in [-0.2, -0.15) is 0 Å². The van der Waals surface area contributed by atoms with Crippen molar-refractivity contribution in [1.29, 1.82) is 0 Å². The zero-order chi connectivity index (χ0) is 16.0. The highest BCUT2D eigenvalue weighted by molar-refractivity contribution is 6.20. The zero-order valence-corrected chi connectivity index (χ0v) is 12.8. The minimum Gasteiger partial charge on any atom is -0.418 e. The molecule has 0 aromatic carbocycles. The van der Waals surface area contributed by atoms with Gasteiger partial charge in [-0.25, -0.2) is 9.97 Å². The van der Waals surface area contributed by atoms with Crippen LogP contribution in [0.3, 0.4) is 0 Å². The van der Waals surface area contributed by atoms with Gasteiger partial charge in [0, 0.05) is 5.56 Å². The van der Waals surface area contributed by atoms with E-state index in [1.54, 1.807) is 20.8 Å². The van der Waals surface area contributed by atoms with Crippen molar-refractivity contribution < 1.29 is 15.3 Å². The van der Waals surface area contributed by atoms with E-state index in [0.717, 1.165) is 16.6 Å². The molecular weight excluding hydrogens is 283 g/mol. The Morgan fingerprint density at radius 3 is 2.55 bits per heavy atom. The van der Waals surface area contributed by atoms with Crippen molar-refractivity contribution in [3.05, 3.63) is 18.1 Å². The summed E-state index contributed by atoms with van der Waals surface area (Å²) in [5.41, 5.74) is 2.37. The maximum Gasteiger partial charge on any atom is 0.223 e. The van der Waals surface area contributed by atoms with Gasteiger partial charge in [0.05, 0.1) is 35.8 Å². The molecule has 1 saturated heterocycles. The van der Waals surface area contributed by atoms with Crippen molar-refractivity contribution >= 4 is 40.8 Å². The van der Waals surface area contributed by atoms with Crippen LogP contribution in [-0.2, 0) is 0 Å². The van der Waals surface area contributed by atoms with Gasteiger partial charge in [0.2, 0.25) is 16.0 Å². The molecule has 0 radical (unpaired) electrons. The summed E-state index contributed by atoms with van der Waals surface area (Å²) < 4.78 is 1.90. The molecule has 2 aromatic heterocycles. The largest absolute Gasteiger partial charge is 0.418 e. The van der Waals surface area contributed by atoms with Gasteiger partial charge in [0.25, 0.3) is 0 Å². The predicted octanol–water partition coefficient (Wildman–Crippen LogP) is -4.23. The molecule has 0 bridgehead atoms. The molecular formula is C11H18B3N5O3. The molecule has 0 aliphatic carbocycles. The molecule has 3 rings (SSSR count). The Balaban J connectivity index is 2.15. The van der Waals surface area contributed by atoms with Gasteiger partial charge in [-0.1, -0.05) is 0 Å². The Morgan fingerprint density at radius 1 is 1.23 bits per heavy atom. The van der Waals surface area contributed by atoms with Gasteiger partial charge in [0.1, 0.15) is 18.2 Å². The van der Waals surface area contributed by atoms with Crippen molar-refractivity contribution in [2.24, 2.45) is 0 Å². The third-order valence-electron chi connectivity index (χ3n) is 4.55. The summed E-state index contributed by atoms with van der Waals surface area (Å²) >= 11 is 0. The van der Waals surface area contributed by atoms with E-state index in [9.17, 15) is 15.3 Å². The van der Waals surface area contributed by atoms with E-state index < -0.39 is 24.3 Å². The third kappa shape index (κ3) is 2.04. The van der Waals surface area contributed by atoms with Gasteiger partial charge < -0.3 is 29.8 Å². The Morgan fingerprint density at radius 2 is 1.95 bits per heavy atom. The molecule has 1 fully saturated rings. The van der Waals surface area contributed by atoms with Crippen LogP contribution >= 0.6 is 0 Å². The molecule has 1 aliphatic rings. The number of hydrogen-bond donors (Lipinski definition) is 4. The van der Waals surface area contributed by atoms with Crippen LogP contribution in [0.5, 0.6) is 0 Å². The second-order valence-electron chi connectivity index (χ2n) is 5.71. The highest BCUT2D eigenvalue weighted by atomic mass is 16.3. The Bertz CT molecular complexity index is 699. The maximum absolute atomic E-state index is 10.4. The predicted molar refractivity (Wildman–Crippen MR) is 89.6 cm³/mol. The molecule has 2 aromatic rings. The summed E-state index contributed by atoms with van der Waals surface area (Å²) in [6, 6.07) is -0.934. The standard InChI is InChI=1S/C11H18B3N5O3/c12-17-11-8-6(15-3-16-11)4(1-18(8)13)7-10(22)9(21)5(2-20)19(7)14/h1,3,5,7,9-10,20-22H,2,12-14H2,(H,15,16,17)/t5-,7+,9-,10+/m1/s1. The lowest BCUT2D eigenvalue weighted by Crippen LogP contribution is -2.37. The zero-order valence-electron chi connectivity index (χ0n) is 12.8. The van der Waals surface area contributed by atoms with Crippen molar-refractivity contribution in [3.63, 3.8) is 0 Å². The average molecular weight is 301 g/mol. The van der Waals surface area contributed by atoms with Gasteiger partial charge >= 0.3 is 0 Å². The van der Waals surface area contributed by atoms with Crippen LogP contribution in [0.25, 0.3) is 11.0 Å². The first-order valence-electron chi connectivity index (χ1n) is 7.17. The number of fused-ring (bicyclic) bond motifs is 1. The van der Waals surface area contributed by atoms with Gasteiger partial charge in [-0.05, 0) is 6.20 Å². The van der Waals surface area contributed by atoms with Crippen molar-refractivity contribution in [3.8, 4) is 0 Å². The SMILES string of the molecule is BNc1ncnc2c([C@H]3[C@H](O)[C@H](O)[C@@H](CO)N3B)cn(B)c12. The van der Waals surface area contributed by atoms with Gasteiger partial charge in [-0.15, -0.1) is 0 Å². The minimum absolute atomic E-state index is 0.216. The van der Waals surface area contributed by atoms with Gasteiger partial charge in [0.15, 0.2) is 7.98 Å². The number of nitrogens with zero attached hydrogens (tertiary/aromatic N) is 4. The molecule has 22 heavy (non-hydrogen) atoms. The molecule has 11 heteroatoms. The van der Waals surface area contributed by atoms with E-state index in [-0.39, 0.29) is 6.61 Å². The molecule has 0 spiro atoms. The van der Waals surface area contributed by atoms with Crippen LogP contribution in [-0.4, -0.2) is 83.4 Å². The molecule has 114 valence electrons. The van der Waals surface area contributed by atoms with Gasteiger partial charge in [-0.3, -0.25) is 0 Å². The normalized spacial score (nSPS) is 29.2. The van der Waals surface area contributed by atoms with Crippen LogP contribution in [0, 0.1) is 0 Å². The third-order valence-corrected chi connectivity index (χ3v) is 4.55. The molecule has 3 heterocycles. The smallest absolute Gasteiger partial charge is 0.223 e. The van der Waals surface area contributed by atoms with E-state index in [1.807, 2.05) is 18.7 Å². The van der Waals surface area contributed by atoms with Crippen molar-refractivity contribution in [2.75, 3.05) is 11.8 Å². The monoisotopic (exact) mass is 301 g/mol. The quantitative estimate of drug-likeness (QED) is 0.426. The number of anilines is 1. The first-order chi connectivity index (χ1) is 10.5. The van der Waals surface area contributed by atoms with E-state index in [4.69, 9.17) is 0 Å². The molecule has 0 saturated carbocycles. The van der Waals surface area contributed by atoms with Crippen LogP contribution in [0.15, 0.2) is 12.5 Å². The molecule has 4 N–H and O–H groups in total. The fourth-order valence-electron chi connectivity index (χ4n) is 3.40. The van der Waals surface area contributed by atoms with E-state index in [1.165, 1.54) is 6.33 Å². The number of aliphatic hydroxyl groups is 3. The lowest BCUT2D eigenvalue weighted by Gasteiger charge is -2.25. The molecule has 8 nitrogen and oxygen atoms in total. The van der Waals surface area contributed by atoms with E-state index in [2.05, 4.69) is 15.2 Å². The number of hydrogen-bond acceptors (Lipinski definition) is 7. The summed E-state index contributed by atoms with van der Waals surface area (Å²) in [5, 5.41) is 33.0. The lowest BCUT2D eigenvalue weighted by molar-refractivity contribution is 0.0191. The summed E-state index contributed by atoms with van der Waals surface area (Å²) in [6.07, 6.45) is 1.37. The summed E-state index contributed by atoms with van der Waals surface area (Å²) in [5.74, 6) is 0.702. The van der Waals surface area contributed by atoms with Crippen LogP contribution in [0.1, 0.15) is 11.6 Å². The number of nitrogens with one attached hydrogen (secondary N) is 1. The summed E-state index contributed by atoms with van der Waals surface area (Å²) in [6.45, 7) is -0.216. The number of aliphatic hydroxyl groups excluding tert-OH is 3. The highest BCUT2D eigenvalue weighted by Crippen LogP contribution is 2.38. The van der Waals surface area contributed by atoms with Crippen molar-refractivity contribution in [2.45, 2.75) is 24.3 Å². The highest BCUT2D eigenvalue weighted by Gasteiger charge is 2.46. The second kappa shape index (κ2) is 5.58. The first-order valence-corrected chi connectivity index (χ1v) is 7.17. The number of rotatable bonds is 3. The summed E-state index contributed by atoms with van der Waals surface area (Å²) in [7, 11) is 5.46. The van der Waals surface area contributed by atoms with Crippen molar-refractivity contribution in [1.82, 2.24) is 19.3 Å². The molecule has 0 unspecified atom stereocenters. The first kappa shape index (κ1) is 15.4.